The highest BCUT2D eigenvalue weighted by atomic mass is 16.5. The highest BCUT2D eigenvalue weighted by Crippen LogP contribution is 2.05. The first-order valence-corrected chi connectivity index (χ1v) is 6.13. The minimum Gasteiger partial charge on any atom is -0.389 e. The summed E-state index contributed by atoms with van der Waals surface area (Å²) in [7, 11) is 1.48. The Morgan fingerprint density at radius 1 is 1.45 bits per heavy atom. The third-order valence-corrected chi connectivity index (χ3v) is 2.60. The third-order valence-electron chi connectivity index (χ3n) is 2.60. The minimum atomic E-state index is -0.742. The molecule has 2 aromatic rings. The molecule has 7 heteroatoms. The third kappa shape index (κ3) is 3.62. The Labute approximate surface area is 116 Å². The molecule has 1 atom stereocenters. The van der Waals surface area contributed by atoms with Crippen LogP contribution in [0.15, 0.2) is 36.5 Å². The minimum absolute atomic E-state index is 0.102. The first-order chi connectivity index (χ1) is 9.70. The van der Waals surface area contributed by atoms with Gasteiger partial charge in [0.05, 0.1) is 24.6 Å². The van der Waals surface area contributed by atoms with Gasteiger partial charge in [0.2, 0.25) is 0 Å². The number of hydrogen-bond donors (Lipinski definition) is 2. The van der Waals surface area contributed by atoms with Crippen LogP contribution in [-0.2, 0) is 4.74 Å². The normalized spacial score (nSPS) is 12.1. The predicted octanol–water partition coefficient (Wildman–Crippen LogP) is 0.00440. The van der Waals surface area contributed by atoms with Crippen LogP contribution in [0.25, 0.3) is 5.69 Å². The number of carbonyl (C=O) groups excluding carboxylic acids is 1. The number of nitrogens with zero attached hydrogens (tertiary/aromatic N) is 3. The van der Waals surface area contributed by atoms with Crippen LogP contribution in [0.1, 0.15) is 10.5 Å². The summed E-state index contributed by atoms with van der Waals surface area (Å²) in [6.45, 7) is 0.266. The second-order valence-electron chi connectivity index (χ2n) is 4.20. The van der Waals surface area contributed by atoms with Crippen molar-refractivity contribution in [3.05, 3.63) is 42.2 Å². The zero-order valence-corrected chi connectivity index (χ0v) is 11.1. The maximum Gasteiger partial charge on any atom is 0.273 e. The van der Waals surface area contributed by atoms with Crippen molar-refractivity contribution in [2.45, 2.75) is 6.10 Å². The van der Waals surface area contributed by atoms with Crippen LogP contribution in [0.3, 0.4) is 0 Å². The predicted molar refractivity (Wildman–Crippen MR) is 71.6 cm³/mol. The van der Waals surface area contributed by atoms with Gasteiger partial charge in [-0.2, -0.15) is 0 Å². The van der Waals surface area contributed by atoms with Crippen LogP contribution >= 0.6 is 0 Å². The maximum absolute atomic E-state index is 11.8. The van der Waals surface area contributed by atoms with Gasteiger partial charge < -0.3 is 15.2 Å². The van der Waals surface area contributed by atoms with Crippen molar-refractivity contribution >= 4 is 5.91 Å². The van der Waals surface area contributed by atoms with Crippen molar-refractivity contribution in [1.82, 2.24) is 20.3 Å². The average Bonchev–Trinajstić information content (AvgIpc) is 2.96. The highest BCUT2D eigenvalue weighted by Gasteiger charge is 2.13. The standard InChI is InChI=1S/C13H16N4O3/c1-20-9-11(18)7-14-13(19)12-8-17(16-15-12)10-5-3-2-4-6-10/h2-6,8,11,18H,7,9H2,1H3,(H,14,19). The van der Waals surface area contributed by atoms with E-state index in [1.54, 1.807) is 0 Å². The molecule has 1 aromatic heterocycles. The highest BCUT2D eigenvalue weighted by molar-refractivity contribution is 5.91. The van der Waals surface area contributed by atoms with Crippen molar-refractivity contribution in [2.24, 2.45) is 0 Å². The van der Waals surface area contributed by atoms with Crippen LogP contribution in [0.4, 0.5) is 0 Å². The van der Waals surface area contributed by atoms with E-state index in [1.807, 2.05) is 30.3 Å². The molecule has 0 radical (unpaired) electrons. The molecule has 2 rings (SSSR count). The van der Waals surface area contributed by atoms with Gasteiger partial charge in [-0.1, -0.05) is 23.4 Å². The lowest BCUT2D eigenvalue weighted by Crippen LogP contribution is -2.34. The molecule has 0 bridgehead atoms. The number of methoxy groups -OCH3 is 1. The van der Waals surface area contributed by atoms with Crippen molar-refractivity contribution in [2.75, 3.05) is 20.3 Å². The number of para-hydroxylation sites is 1. The molecule has 20 heavy (non-hydrogen) atoms. The van der Waals surface area contributed by atoms with Gasteiger partial charge in [0.1, 0.15) is 0 Å². The zero-order valence-electron chi connectivity index (χ0n) is 11.1. The Morgan fingerprint density at radius 2 is 2.20 bits per heavy atom. The number of aromatic nitrogens is 3. The molecule has 0 saturated carbocycles. The fourth-order valence-electron chi connectivity index (χ4n) is 1.63. The monoisotopic (exact) mass is 276 g/mol. The van der Waals surface area contributed by atoms with Crippen LogP contribution in [0, 0.1) is 0 Å². The first-order valence-electron chi connectivity index (χ1n) is 6.13. The number of aliphatic hydroxyl groups excluding tert-OH is 1. The van der Waals surface area contributed by atoms with E-state index in [9.17, 15) is 9.90 Å². The number of hydrogen-bond acceptors (Lipinski definition) is 5. The van der Waals surface area contributed by atoms with Crippen LogP contribution < -0.4 is 5.32 Å². The number of rotatable bonds is 6. The molecule has 1 unspecified atom stereocenters. The number of amides is 1. The molecular formula is C13H16N4O3. The molecule has 1 heterocycles. The molecule has 106 valence electrons. The molecule has 1 aromatic carbocycles. The van der Waals surface area contributed by atoms with Crippen molar-refractivity contribution in [3.63, 3.8) is 0 Å². The average molecular weight is 276 g/mol. The maximum atomic E-state index is 11.8. The van der Waals surface area contributed by atoms with Crippen LogP contribution in [-0.4, -0.2) is 52.4 Å². The summed E-state index contributed by atoms with van der Waals surface area (Å²) in [4.78, 5) is 11.8. The smallest absolute Gasteiger partial charge is 0.273 e. The molecule has 0 aliphatic rings. The molecular weight excluding hydrogens is 260 g/mol. The number of nitrogens with one attached hydrogen (secondary N) is 1. The van der Waals surface area contributed by atoms with Crippen molar-refractivity contribution < 1.29 is 14.6 Å². The topological polar surface area (TPSA) is 89.3 Å². The van der Waals surface area contributed by atoms with Crippen LogP contribution in [0.5, 0.6) is 0 Å². The number of carbonyl (C=O) groups is 1. The second-order valence-corrected chi connectivity index (χ2v) is 4.20. The molecule has 2 N–H and O–H groups in total. The van der Waals surface area contributed by atoms with E-state index in [0.29, 0.717) is 0 Å². The van der Waals surface area contributed by atoms with Gasteiger partial charge in [-0.05, 0) is 12.1 Å². The Morgan fingerprint density at radius 3 is 2.90 bits per heavy atom. The molecule has 0 saturated heterocycles. The fraction of sp³-hybridized carbons (Fsp3) is 0.308. The lowest BCUT2D eigenvalue weighted by atomic mass is 10.3. The Kier molecular flexibility index (Phi) is 4.80. The van der Waals surface area contributed by atoms with Gasteiger partial charge >= 0.3 is 0 Å². The Bertz CT molecular complexity index is 556. The summed E-state index contributed by atoms with van der Waals surface area (Å²) in [5.74, 6) is -0.387. The lowest BCUT2D eigenvalue weighted by molar-refractivity contribution is 0.0608. The summed E-state index contributed by atoms with van der Waals surface area (Å²) in [6.07, 6.45) is 0.793. The van der Waals surface area contributed by atoms with E-state index in [4.69, 9.17) is 4.74 Å². The summed E-state index contributed by atoms with van der Waals surface area (Å²) < 4.78 is 6.28. The summed E-state index contributed by atoms with van der Waals surface area (Å²) in [6, 6.07) is 9.36. The number of ether oxygens (including phenoxy) is 1. The summed E-state index contributed by atoms with van der Waals surface area (Å²) in [5, 5.41) is 19.7. The van der Waals surface area contributed by atoms with Gasteiger partial charge in [0.25, 0.3) is 5.91 Å². The molecule has 0 spiro atoms. The van der Waals surface area contributed by atoms with Crippen LogP contribution in [0.2, 0.25) is 0 Å². The van der Waals surface area contributed by atoms with Gasteiger partial charge in [0.15, 0.2) is 5.69 Å². The number of benzene rings is 1. The first kappa shape index (κ1) is 14.2. The molecule has 1 amide bonds. The molecule has 0 aliphatic carbocycles. The van der Waals surface area contributed by atoms with Gasteiger partial charge in [-0.3, -0.25) is 4.79 Å². The molecule has 7 nitrogen and oxygen atoms in total. The van der Waals surface area contributed by atoms with E-state index in [1.165, 1.54) is 18.0 Å². The fourth-order valence-corrected chi connectivity index (χ4v) is 1.63. The number of aliphatic hydroxyl groups is 1. The second kappa shape index (κ2) is 6.78. The lowest BCUT2D eigenvalue weighted by Gasteiger charge is -2.09. The van der Waals surface area contributed by atoms with E-state index >= 15 is 0 Å². The van der Waals surface area contributed by atoms with Gasteiger partial charge in [0, 0.05) is 13.7 Å². The molecule has 0 aliphatic heterocycles. The zero-order chi connectivity index (χ0) is 14.4. The summed E-state index contributed by atoms with van der Waals surface area (Å²) in [5.41, 5.74) is 1.01. The van der Waals surface area contributed by atoms with Crippen molar-refractivity contribution in [1.29, 1.82) is 0 Å². The van der Waals surface area contributed by atoms with Gasteiger partial charge in [-0.25, -0.2) is 4.68 Å². The van der Waals surface area contributed by atoms with E-state index in [-0.39, 0.29) is 24.8 Å². The summed E-state index contributed by atoms with van der Waals surface area (Å²) >= 11 is 0. The Balaban J connectivity index is 1.97. The Hall–Kier alpha value is -2.25. The van der Waals surface area contributed by atoms with E-state index < -0.39 is 6.10 Å². The van der Waals surface area contributed by atoms with Crippen molar-refractivity contribution in [3.8, 4) is 5.69 Å². The SMILES string of the molecule is COCC(O)CNC(=O)c1cn(-c2ccccc2)nn1. The van der Waals surface area contributed by atoms with Gasteiger partial charge in [-0.15, -0.1) is 5.10 Å². The quantitative estimate of drug-likeness (QED) is 0.775. The largest absolute Gasteiger partial charge is 0.389 e. The molecule has 0 fully saturated rings. The van der Waals surface area contributed by atoms with E-state index in [0.717, 1.165) is 5.69 Å². The van der Waals surface area contributed by atoms with E-state index in [2.05, 4.69) is 15.6 Å².